The normalized spacial score (nSPS) is 17.2. The van der Waals surface area contributed by atoms with Crippen molar-refractivity contribution >= 4 is 28.0 Å². The van der Waals surface area contributed by atoms with E-state index in [1.165, 1.54) is 23.1 Å². The van der Waals surface area contributed by atoms with Crippen LogP contribution in [0.25, 0.3) is 22.4 Å². The SMILES string of the molecule is CC(=O)NCc1cccc(-c2cc(-c3c(N4CCOCC4)sc4c3CC(C)(C)CC4=O)ccn2)c1. The predicted molar refractivity (Wildman–Crippen MR) is 140 cm³/mol. The number of pyridine rings is 1. The Morgan fingerprint density at radius 1 is 1.14 bits per heavy atom. The molecule has 0 spiro atoms. The van der Waals surface area contributed by atoms with Gasteiger partial charge >= 0.3 is 0 Å². The summed E-state index contributed by atoms with van der Waals surface area (Å²) in [5.41, 5.74) is 6.28. The summed E-state index contributed by atoms with van der Waals surface area (Å²) in [6.07, 6.45) is 3.33. The highest BCUT2D eigenvalue weighted by Crippen LogP contribution is 2.49. The molecule has 3 heterocycles. The zero-order valence-electron chi connectivity index (χ0n) is 20.5. The number of anilines is 1. The van der Waals surface area contributed by atoms with Crippen molar-refractivity contribution in [2.24, 2.45) is 5.41 Å². The first-order chi connectivity index (χ1) is 16.8. The molecule has 1 aliphatic heterocycles. The Hall–Kier alpha value is -3.03. The van der Waals surface area contributed by atoms with E-state index < -0.39 is 0 Å². The largest absolute Gasteiger partial charge is 0.378 e. The number of aromatic nitrogens is 1. The Kier molecular flexibility index (Phi) is 6.47. The number of hydrogen-bond donors (Lipinski definition) is 1. The molecule has 2 aromatic heterocycles. The van der Waals surface area contributed by atoms with Crippen molar-refractivity contribution in [3.8, 4) is 22.4 Å². The molecule has 0 atom stereocenters. The highest BCUT2D eigenvalue weighted by atomic mass is 32.1. The molecule has 1 amide bonds. The van der Waals surface area contributed by atoms with Crippen LogP contribution in [0.1, 0.15) is 48.0 Å². The minimum Gasteiger partial charge on any atom is -0.378 e. The lowest BCUT2D eigenvalue weighted by atomic mass is 9.75. The van der Waals surface area contributed by atoms with Crippen LogP contribution in [0.3, 0.4) is 0 Å². The number of morpholine rings is 1. The topological polar surface area (TPSA) is 71.5 Å². The molecule has 7 heteroatoms. The van der Waals surface area contributed by atoms with E-state index in [1.54, 1.807) is 11.3 Å². The van der Waals surface area contributed by atoms with Crippen LogP contribution >= 0.6 is 11.3 Å². The van der Waals surface area contributed by atoms with E-state index in [9.17, 15) is 9.59 Å². The maximum absolute atomic E-state index is 13.1. The fraction of sp³-hybridized carbons (Fsp3) is 0.393. The van der Waals surface area contributed by atoms with Gasteiger partial charge < -0.3 is 15.0 Å². The van der Waals surface area contributed by atoms with Gasteiger partial charge in [0.25, 0.3) is 0 Å². The highest BCUT2D eigenvalue weighted by molar-refractivity contribution is 7.19. The van der Waals surface area contributed by atoms with Gasteiger partial charge in [-0.1, -0.05) is 32.0 Å². The van der Waals surface area contributed by atoms with Gasteiger partial charge in [-0.2, -0.15) is 0 Å². The lowest BCUT2D eigenvalue weighted by molar-refractivity contribution is -0.119. The third kappa shape index (κ3) is 5.02. The minimum atomic E-state index is -0.0594. The number of Topliss-reactive ketones (excluding diaryl/α,β-unsaturated/α-hetero) is 1. The number of ketones is 1. The Balaban J connectivity index is 1.59. The molecule has 2 aliphatic rings. The number of carbonyl (C=O) groups excluding carboxylic acids is 2. The van der Waals surface area contributed by atoms with Crippen LogP contribution in [0.15, 0.2) is 42.6 Å². The van der Waals surface area contributed by atoms with Gasteiger partial charge in [0.2, 0.25) is 5.91 Å². The molecule has 1 N–H and O–H groups in total. The summed E-state index contributed by atoms with van der Waals surface area (Å²) in [6, 6.07) is 12.3. The molecule has 1 aliphatic carbocycles. The van der Waals surface area contributed by atoms with Crippen molar-refractivity contribution in [2.75, 3.05) is 31.2 Å². The summed E-state index contributed by atoms with van der Waals surface area (Å²) in [7, 11) is 0. The molecule has 3 aromatic rings. The second-order valence-corrected chi connectivity index (χ2v) is 11.2. The summed E-state index contributed by atoms with van der Waals surface area (Å²) in [4.78, 5) is 32.4. The van der Waals surface area contributed by atoms with Crippen LogP contribution in [-0.2, 0) is 22.5 Å². The van der Waals surface area contributed by atoms with Gasteiger partial charge in [0.05, 0.1) is 28.8 Å². The number of rotatable bonds is 5. The van der Waals surface area contributed by atoms with Gasteiger partial charge in [0, 0.05) is 50.3 Å². The summed E-state index contributed by atoms with van der Waals surface area (Å²) in [6.45, 7) is 9.42. The van der Waals surface area contributed by atoms with Crippen molar-refractivity contribution in [3.05, 3.63) is 58.6 Å². The lowest BCUT2D eigenvalue weighted by Gasteiger charge is -2.30. The average molecular weight is 490 g/mol. The van der Waals surface area contributed by atoms with E-state index in [1.807, 2.05) is 24.4 Å². The number of hydrogen-bond acceptors (Lipinski definition) is 6. The third-order valence-corrected chi connectivity index (χ3v) is 7.98. The van der Waals surface area contributed by atoms with Crippen molar-refractivity contribution < 1.29 is 14.3 Å². The van der Waals surface area contributed by atoms with Gasteiger partial charge in [0.15, 0.2) is 5.78 Å². The Morgan fingerprint density at radius 2 is 1.94 bits per heavy atom. The summed E-state index contributed by atoms with van der Waals surface area (Å²) in [5, 5.41) is 4.03. The van der Waals surface area contributed by atoms with Gasteiger partial charge in [0.1, 0.15) is 0 Å². The molecule has 0 unspecified atom stereocenters. The van der Waals surface area contributed by atoms with Gasteiger partial charge in [-0.05, 0) is 46.7 Å². The van der Waals surface area contributed by atoms with E-state index in [0.29, 0.717) is 26.2 Å². The van der Waals surface area contributed by atoms with Crippen LogP contribution in [0.4, 0.5) is 5.00 Å². The molecule has 1 fully saturated rings. The number of nitrogens with one attached hydrogen (secondary N) is 1. The van der Waals surface area contributed by atoms with E-state index in [4.69, 9.17) is 4.74 Å². The molecule has 0 bridgehead atoms. The van der Waals surface area contributed by atoms with E-state index in [2.05, 4.69) is 47.2 Å². The standard InChI is InChI=1S/C28H31N3O3S/c1-18(32)30-17-19-5-4-6-20(13-19)23-14-21(7-8-29-23)25-22-15-28(2,3)16-24(33)26(22)35-27(25)31-9-11-34-12-10-31/h4-8,13-14H,9-12,15-17H2,1-3H3,(H,30,32). The first-order valence-corrected chi connectivity index (χ1v) is 12.9. The quantitative estimate of drug-likeness (QED) is 0.540. The van der Waals surface area contributed by atoms with Crippen LogP contribution < -0.4 is 10.2 Å². The number of fused-ring (bicyclic) bond motifs is 1. The fourth-order valence-corrected chi connectivity index (χ4v) is 6.33. The second-order valence-electron chi connectivity index (χ2n) is 10.2. The number of benzene rings is 1. The molecule has 182 valence electrons. The molecule has 6 nitrogen and oxygen atoms in total. The molecule has 0 radical (unpaired) electrons. The molecule has 35 heavy (non-hydrogen) atoms. The van der Waals surface area contributed by atoms with E-state index >= 15 is 0 Å². The van der Waals surface area contributed by atoms with E-state index in [0.717, 1.165) is 46.8 Å². The second kappa shape index (κ2) is 9.55. The maximum Gasteiger partial charge on any atom is 0.217 e. The molecule has 0 saturated carbocycles. The third-order valence-electron chi connectivity index (χ3n) is 6.65. The van der Waals surface area contributed by atoms with Gasteiger partial charge in [-0.3, -0.25) is 14.6 Å². The molecular weight excluding hydrogens is 458 g/mol. The van der Waals surface area contributed by atoms with Crippen LogP contribution in [0, 0.1) is 5.41 Å². The van der Waals surface area contributed by atoms with Crippen LogP contribution in [0.5, 0.6) is 0 Å². The first kappa shape index (κ1) is 23.7. The number of ether oxygens (including phenoxy) is 1. The Labute approximate surface area is 210 Å². The number of thiophene rings is 1. The first-order valence-electron chi connectivity index (χ1n) is 12.1. The number of carbonyl (C=O) groups is 2. The van der Waals surface area contributed by atoms with Gasteiger partial charge in [-0.25, -0.2) is 0 Å². The van der Waals surface area contributed by atoms with Crippen molar-refractivity contribution in [1.29, 1.82) is 0 Å². The summed E-state index contributed by atoms with van der Waals surface area (Å²) >= 11 is 1.65. The van der Waals surface area contributed by atoms with Gasteiger partial charge in [-0.15, -0.1) is 11.3 Å². The predicted octanol–water partition coefficient (Wildman–Crippen LogP) is 5.10. The summed E-state index contributed by atoms with van der Waals surface area (Å²) < 4.78 is 5.61. The number of amides is 1. The molecule has 1 saturated heterocycles. The smallest absolute Gasteiger partial charge is 0.217 e. The van der Waals surface area contributed by atoms with E-state index in [-0.39, 0.29) is 17.1 Å². The zero-order chi connectivity index (χ0) is 24.6. The fourth-order valence-electron chi connectivity index (χ4n) is 5.00. The van der Waals surface area contributed by atoms with Crippen molar-refractivity contribution in [2.45, 2.75) is 40.2 Å². The number of nitrogens with zero attached hydrogens (tertiary/aromatic N) is 2. The lowest BCUT2D eigenvalue weighted by Crippen LogP contribution is -2.36. The summed E-state index contributed by atoms with van der Waals surface area (Å²) in [5.74, 6) is 0.202. The minimum absolute atomic E-state index is 0.0501. The zero-order valence-corrected chi connectivity index (χ0v) is 21.3. The van der Waals surface area contributed by atoms with Crippen LogP contribution in [0.2, 0.25) is 0 Å². The van der Waals surface area contributed by atoms with Crippen LogP contribution in [-0.4, -0.2) is 43.0 Å². The van der Waals surface area contributed by atoms with Crippen molar-refractivity contribution in [1.82, 2.24) is 10.3 Å². The Morgan fingerprint density at radius 3 is 2.71 bits per heavy atom. The van der Waals surface area contributed by atoms with Crippen molar-refractivity contribution in [3.63, 3.8) is 0 Å². The molecule has 1 aromatic carbocycles. The highest BCUT2D eigenvalue weighted by Gasteiger charge is 2.37. The molecule has 5 rings (SSSR count). The Bertz CT molecular complexity index is 1270. The monoisotopic (exact) mass is 489 g/mol. The maximum atomic E-state index is 13.1. The average Bonchev–Trinajstić information content (AvgIpc) is 3.22. The molecular formula is C28H31N3O3S.